The molecule has 1 fully saturated rings. The van der Waals surface area contributed by atoms with Gasteiger partial charge in [-0.05, 0) is 38.8 Å². The molecule has 2 heterocycles. The topological polar surface area (TPSA) is 43.4 Å². The van der Waals surface area contributed by atoms with Gasteiger partial charge in [0, 0.05) is 12.6 Å². The first-order valence-electron chi connectivity index (χ1n) is 7.43. The second-order valence-electron chi connectivity index (χ2n) is 6.37. The van der Waals surface area contributed by atoms with Gasteiger partial charge in [0.05, 0.1) is 23.6 Å². The van der Waals surface area contributed by atoms with Gasteiger partial charge in [-0.25, -0.2) is 0 Å². The molecule has 2 rings (SSSR count). The van der Waals surface area contributed by atoms with Crippen molar-refractivity contribution in [3.8, 4) is 5.75 Å². The van der Waals surface area contributed by atoms with Gasteiger partial charge in [-0.3, -0.25) is 4.98 Å². The first-order chi connectivity index (χ1) is 9.44. The zero-order chi connectivity index (χ0) is 14.6. The highest BCUT2D eigenvalue weighted by molar-refractivity contribution is 5.19. The molecule has 0 saturated carbocycles. The molecule has 20 heavy (non-hydrogen) atoms. The molecule has 1 aliphatic rings. The van der Waals surface area contributed by atoms with Crippen LogP contribution in [0, 0.1) is 0 Å². The second kappa shape index (κ2) is 6.55. The van der Waals surface area contributed by atoms with E-state index in [4.69, 9.17) is 9.47 Å². The van der Waals surface area contributed by atoms with Crippen LogP contribution < -0.4 is 10.1 Å². The molecule has 0 bridgehead atoms. The van der Waals surface area contributed by atoms with E-state index in [1.807, 2.05) is 12.1 Å². The highest BCUT2D eigenvalue weighted by Gasteiger charge is 2.31. The molecule has 0 amide bonds. The maximum Gasteiger partial charge on any atom is 0.137 e. The van der Waals surface area contributed by atoms with E-state index in [-0.39, 0.29) is 11.7 Å². The maximum atomic E-state index is 5.90. The van der Waals surface area contributed by atoms with E-state index >= 15 is 0 Å². The molecule has 1 aliphatic heterocycles. The number of pyridine rings is 1. The normalized spacial score (nSPS) is 21.4. The van der Waals surface area contributed by atoms with Crippen LogP contribution in [0.25, 0.3) is 0 Å². The minimum absolute atomic E-state index is 0.00134. The van der Waals surface area contributed by atoms with Crippen molar-refractivity contribution < 1.29 is 9.47 Å². The number of nitrogens with zero attached hydrogens (tertiary/aromatic N) is 1. The summed E-state index contributed by atoms with van der Waals surface area (Å²) in [6, 6.07) is 4.45. The smallest absolute Gasteiger partial charge is 0.137 e. The Balaban J connectivity index is 1.76. The van der Waals surface area contributed by atoms with Crippen molar-refractivity contribution in [1.82, 2.24) is 10.3 Å². The third-order valence-corrected chi connectivity index (χ3v) is 3.48. The molecule has 1 saturated heterocycles. The zero-order valence-electron chi connectivity index (χ0n) is 13.0. The zero-order valence-corrected chi connectivity index (χ0v) is 13.0. The molecule has 4 nitrogen and oxygen atoms in total. The molecular weight excluding hydrogens is 252 g/mol. The van der Waals surface area contributed by atoms with Crippen molar-refractivity contribution in [3.05, 3.63) is 24.0 Å². The van der Waals surface area contributed by atoms with E-state index < -0.39 is 0 Å². The Morgan fingerprint density at radius 2 is 2.25 bits per heavy atom. The lowest BCUT2D eigenvalue weighted by molar-refractivity contribution is -0.0327. The summed E-state index contributed by atoms with van der Waals surface area (Å²) in [5, 5.41) is 3.34. The van der Waals surface area contributed by atoms with E-state index in [1.54, 1.807) is 6.20 Å². The van der Waals surface area contributed by atoms with Gasteiger partial charge in [0.1, 0.15) is 12.4 Å². The molecule has 4 heteroatoms. The first kappa shape index (κ1) is 15.3. The number of hydrogen-bond donors (Lipinski definition) is 1. The summed E-state index contributed by atoms with van der Waals surface area (Å²) < 4.78 is 11.7. The largest absolute Gasteiger partial charge is 0.489 e. The van der Waals surface area contributed by atoms with Crippen molar-refractivity contribution in [1.29, 1.82) is 0 Å². The molecular formula is C16H26N2O2. The summed E-state index contributed by atoms with van der Waals surface area (Å²) in [5.41, 5.74) is 1.03. The van der Waals surface area contributed by atoms with Crippen molar-refractivity contribution in [2.75, 3.05) is 6.61 Å². The predicted molar refractivity (Wildman–Crippen MR) is 79.9 cm³/mol. The fourth-order valence-corrected chi connectivity index (χ4v) is 2.29. The number of hydrogen-bond acceptors (Lipinski definition) is 4. The highest BCUT2D eigenvalue weighted by Crippen LogP contribution is 2.29. The van der Waals surface area contributed by atoms with Crippen LogP contribution in [0.5, 0.6) is 5.75 Å². The molecule has 0 aliphatic carbocycles. The third-order valence-electron chi connectivity index (χ3n) is 3.48. The Morgan fingerprint density at radius 3 is 2.80 bits per heavy atom. The van der Waals surface area contributed by atoms with Gasteiger partial charge in [0.15, 0.2) is 0 Å². The Kier molecular flexibility index (Phi) is 5.00. The average Bonchev–Trinajstić information content (AvgIpc) is 2.75. The van der Waals surface area contributed by atoms with Gasteiger partial charge < -0.3 is 14.8 Å². The van der Waals surface area contributed by atoms with Crippen LogP contribution in [0.1, 0.15) is 46.2 Å². The molecule has 1 unspecified atom stereocenters. The Hall–Kier alpha value is -1.13. The SMILES string of the molecule is CC(C)NCc1ccc(OCC2CCC(C)(C)O2)cn1. The van der Waals surface area contributed by atoms with Crippen LogP contribution in [0.3, 0.4) is 0 Å². The van der Waals surface area contributed by atoms with E-state index in [0.29, 0.717) is 12.6 Å². The van der Waals surface area contributed by atoms with Crippen molar-refractivity contribution in [2.24, 2.45) is 0 Å². The van der Waals surface area contributed by atoms with Crippen molar-refractivity contribution >= 4 is 0 Å². The van der Waals surface area contributed by atoms with Crippen LogP contribution in [0.15, 0.2) is 18.3 Å². The van der Waals surface area contributed by atoms with Gasteiger partial charge in [0.25, 0.3) is 0 Å². The van der Waals surface area contributed by atoms with E-state index in [0.717, 1.165) is 30.8 Å². The molecule has 0 radical (unpaired) electrons. The summed E-state index contributed by atoms with van der Waals surface area (Å²) in [6.45, 7) is 9.91. The monoisotopic (exact) mass is 278 g/mol. The predicted octanol–water partition coefficient (Wildman–Crippen LogP) is 2.92. The number of rotatable bonds is 6. The minimum atomic E-state index is -0.00134. The first-order valence-corrected chi connectivity index (χ1v) is 7.43. The van der Waals surface area contributed by atoms with Crippen LogP contribution in [-0.4, -0.2) is 29.3 Å². The third kappa shape index (κ3) is 4.76. The standard InChI is InChI=1S/C16H26N2O2/c1-12(2)17-9-13-5-6-14(10-18-13)19-11-15-7-8-16(3,4)20-15/h5-6,10,12,15,17H,7-9,11H2,1-4H3. The minimum Gasteiger partial charge on any atom is -0.489 e. The summed E-state index contributed by atoms with van der Waals surface area (Å²) >= 11 is 0. The number of aromatic nitrogens is 1. The van der Waals surface area contributed by atoms with Crippen LogP contribution in [-0.2, 0) is 11.3 Å². The average molecular weight is 278 g/mol. The van der Waals surface area contributed by atoms with Gasteiger partial charge in [-0.2, -0.15) is 0 Å². The van der Waals surface area contributed by atoms with Crippen LogP contribution >= 0.6 is 0 Å². The Labute approximate surface area is 121 Å². The maximum absolute atomic E-state index is 5.90. The van der Waals surface area contributed by atoms with Gasteiger partial charge in [0.2, 0.25) is 0 Å². The van der Waals surface area contributed by atoms with Crippen molar-refractivity contribution in [3.63, 3.8) is 0 Å². The quantitative estimate of drug-likeness (QED) is 0.869. The highest BCUT2D eigenvalue weighted by atomic mass is 16.6. The number of nitrogens with one attached hydrogen (secondary N) is 1. The molecule has 0 aromatic carbocycles. The molecule has 1 aromatic rings. The summed E-state index contributed by atoms with van der Waals surface area (Å²) in [7, 11) is 0. The fraction of sp³-hybridized carbons (Fsp3) is 0.688. The van der Waals surface area contributed by atoms with E-state index in [9.17, 15) is 0 Å². The van der Waals surface area contributed by atoms with E-state index in [1.165, 1.54) is 0 Å². The van der Waals surface area contributed by atoms with Crippen LogP contribution in [0.4, 0.5) is 0 Å². The summed E-state index contributed by atoms with van der Waals surface area (Å²) in [6.07, 6.45) is 4.15. The van der Waals surface area contributed by atoms with Gasteiger partial charge >= 0.3 is 0 Å². The lowest BCUT2D eigenvalue weighted by atomic mass is 10.1. The van der Waals surface area contributed by atoms with Crippen LogP contribution in [0.2, 0.25) is 0 Å². The summed E-state index contributed by atoms with van der Waals surface area (Å²) in [5.74, 6) is 0.812. The lowest BCUT2D eigenvalue weighted by Gasteiger charge is -2.19. The fourth-order valence-electron chi connectivity index (χ4n) is 2.29. The molecule has 0 spiro atoms. The lowest BCUT2D eigenvalue weighted by Crippen LogP contribution is -2.24. The number of ether oxygens (including phenoxy) is 2. The molecule has 1 atom stereocenters. The van der Waals surface area contributed by atoms with Gasteiger partial charge in [-0.1, -0.05) is 13.8 Å². The van der Waals surface area contributed by atoms with Gasteiger partial charge in [-0.15, -0.1) is 0 Å². The molecule has 1 aromatic heterocycles. The second-order valence-corrected chi connectivity index (χ2v) is 6.37. The molecule has 112 valence electrons. The Bertz CT molecular complexity index is 415. The van der Waals surface area contributed by atoms with E-state index in [2.05, 4.69) is 38.0 Å². The molecule has 1 N–H and O–H groups in total. The Morgan fingerprint density at radius 1 is 1.45 bits per heavy atom. The summed E-state index contributed by atoms with van der Waals surface area (Å²) in [4.78, 5) is 4.40. The van der Waals surface area contributed by atoms with Crippen molar-refractivity contribution in [2.45, 2.75) is 64.8 Å².